The molecule has 154 valence electrons. The highest BCUT2D eigenvalue weighted by Crippen LogP contribution is 2.51. The largest absolute Gasteiger partial charge is 0.507 e. The lowest BCUT2D eigenvalue weighted by Gasteiger charge is -2.40. The van der Waals surface area contributed by atoms with Gasteiger partial charge in [-0.1, -0.05) is 67.9 Å². The summed E-state index contributed by atoms with van der Waals surface area (Å²) < 4.78 is 0. The van der Waals surface area contributed by atoms with Crippen molar-refractivity contribution in [1.29, 1.82) is 0 Å². The van der Waals surface area contributed by atoms with Crippen molar-refractivity contribution < 1.29 is 10.2 Å². The first kappa shape index (κ1) is 22.3. The van der Waals surface area contributed by atoms with Crippen molar-refractivity contribution in [3.8, 4) is 5.75 Å². The van der Waals surface area contributed by atoms with Crippen molar-refractivity contribution in [3.05, 3.63) is 28.3 Å². The van der Waals surface area contributed by atoms with Gasteiger partial charge in [-0.3, -0.25) is 0 Å². The highest BCUT2D eigenvalue weighted by Gasteiger charge is 2.44. The van der Waals surface area contributed by atoms with Crippen LogP contribution >= 0.6 is 0 Å². The molecule has 2 heteroatoms. The van der Waals surface area contributed by atoms with E-state index in [4.69, 9.17) is 0 Å². The normalized spacial score (nSPS) is 30.3. The first-order valence-corrected chi connectivity index (χ1v) is 10.7. The van der Waals surface area contributed by atoms with Gasteiger partial charge in [0.25, 0.3) is 0 Å². The predicted octanol–water partition coefficient (Wildman–Crippen LogP) is 6.48. The highest BCUT2D eigenvalue weighted by molar-refractivity contribution is 5.54. The van der Waals surface area contributed by atoms with Crippen molar-refractivity contribution in [1.82, 2.24) is 0 Å². The number of hydrogen-bond donors (Lipinski definition) is 2. The molecule has 5 atom stereocenters. The van der Waals surface area contributed by atoms with Crippen LogP contribution in [-0.2, 0) is 5.41 Å². The first-order chi connectivity index (χ1) is 12.2. The maximum atomic E-state index is 11.6. The number of aromatic hydroxyl groups is 1. The van der Waals surface area contributed by atoms with E-state index < -0.39 is 6.10 Å². The fourth-order valence-corrected chi connectivity index (χ4v) is 5.08. The molecule has 0 amide bonds. The number of phenolic OH excluding ortho intramolecular Hbond substituents is 1. The molecular formula is C25H42O2. The van der Waals surface area contributed by atoms with Gasteiger partial charge in [0.1, 0.15) is 5.75 Å². The number of aryl methyl sites for hydroxylation is 1. The van der Waals surface area contributed by atoms with Gasteiger partial charge < -0.3 is 10.2 Å². The molecule has 5 unspecified atom stereocenters. The smallest absolute Gasteiger partial charge is 0.123 e. The van der Waals surface area contributed by atoms with Crippen molar-refractivity contribution in [3.63, 3.8) is 0 Å². The lowest BCUT2D eigenvalue weighted by molar-refractivity contribution is 0.0143. The van der Waals surface area contributed by atoms with E-state index >= 15 is 0 Å². The molecule has 2 rings (SSSR count). The molecule has 1 fully saturated rings. The summed E-state index contributed by atoms with van der Waals surface area (Å²) in [5, 5.41) is 23.0. The Morgan fingerprint density at radius 3 is 2.00 bits per heavy atom. The van der Waals surface area contributed by atoms with Crippen LogP contribution in [0.5, 0.6) is 5.75 Å². The summed E-state index contributed by atoms with van der Waals surface area (Å²) in [4.78, 5) is 0. The maximum Gasteiger partial charge on any atom is 0.123 e. The Morgan fingerprint density at radius 1 is 0.963 bits per heavy atom. The Kier molecular flexibility index (Phi) is 6.13. The van der Waals surface area contributed by atoms with E-state index in [1.807, 2.05) is 0 Å². The Bertz CT molecular complexity index is 675. The highest BCUT2D eigenvalue weighted by atomic mass is 16.3. The second kappa shape index (κ2) is 7.43. The fraction of sp³-hybridized carbons (Fsp3) is 0.760. The number of aliphatic hydroxyl groups excluding tert-OH is 1. The summed E-state index contributed by atoms with van der Waals surface area (Å²) in [6.07, 6.45) is 1.74. The number of rotatable bonds is 1. The second-order valence-electron chi connectivity index (χ2n) is 11.3. The lowest BCUT2D eigenvalue weighted by atomic mass is 9.68. The van der Waals surface area contributed by atoms with Crippen molar-refractivity contribution in [2.45, 2.75) is 99.5 Å². The van der Waals surface area contributed by atoms with Crippen LogP contribution in [0.1, 0.15) is 96.4 Å². The number of hydrogen-bond acceptors (Lipinski definition) is 2. The van der Waals surface area contributed by atoms with Crippen LogP contribution in [0.25, 0.3) is 0 Å². The Hall–Kier alpha value is -1.02. The SMILES string of the molecule is Cc1cc(C(C)(C)C)c(O)c(C2C(C)C(C)CCC(C(C)(C)C)C2O)c1C. The van der Waals surface area contributed by atoms with Gasteiger partial charge in [-0.05, 0) is 65.5 Å². The monoisotopic (exact) mass is 374 g/mol. The molecule has 1 saturated carbocycles. The third-order valence-electron chi connectivity index (χ3n) is 7.30. The van der Waals surface area contributed by atoms with Gasteiger partial charge in [0.2, 0.25) is 0 Å². The van der Waals surface area contributed by atoms with E-state index in [0.717, 1.165) is 29.5 Å². The molecule has 1 aliphatic rings. The minimum atomic E-state index is -0.441. The van der Waals surface area contributed by atoms with E-state index in [1.54, 1.807) is 0 Å². The zero-order valence-corrected chi connectivity index (χ0v) is 19.3. The summed E-state index contributed by atoms with van der Waals surface area (Å²) in [7, 11) is 0. The topological polar surface area (TPSA) is 40.5 Å². The molecule has 0 heterocycles. The minimum Gasteiger partial charge on any atom is -0.507 e. The van der Waals surface area contributed by atoms with E-state index in [2.05, 4.69) is 75.3 Å². The van der Waals surface area contributed by atoms with Crippen molar-refractivity contribution in [2.24, 2.45) is 23.2 Å². The van der Waals surface area contributed by atoms with Crippen LogP contribution in [0, 0.1) is 37.0 Å². The molecule has 0 aromatic heterocycles. The van der Waals surface area contributed by atoms with Gasteiger partial charge in [-0.25, -0.2) is 0 Å². The molecule has 0 spiro atoms. The molecule has 1 aliphatic carbocycles. The first-order valence-electron chi connectivity index (χ1n) is 10.7. The van der Waals surface area contributed by atoms with E-state index in [-0.39, 0.29) is 22.7 Å². The van der Waals surface area contributed by atoms with Crippen LogP contribution in [0.3, 0.4) is 0 Å². The Labute approximate surface area is 167 Å². The van der Waals surface area contributed by atoms with E-state index in [0.29, 0.717) is 17.6 Å². The second-order valence-corrected chi connectivity index (χ2v) is 11.3. The number of phenols is 1. The van der Waals surface area contributed by atoms with Crippen LogP contribution in [-0.4, -0.2) is 16.3 Å². The van der Waals surface area contributed by atoms with Gasteiger partial charge in [0.05, 0.1) is 6.10 Å². The molecule has 0 bridgehead atoms. The zero-order chi connectivity index (χ0) is 20.9. The summed E-state index contributed by atoms with van der Waals surface area (Å²) in [5.41, 5.74) is 4.23. The maximum absolute atomic E-state index is 11.6. The quantitative estimate of drug-likeness (QED) is 0.552. The fourth-order valence-electron chi connectivity index (χ4n) is 5.08. The molecular weight excluding hydrogens is 332 g/mol. The van der Waals surface area contributed by atoms with Gasteiger partial charge in [0, 0.05) is 11.5 Å². The Balaban J connectivity index is 2.74. The standard InChI is InChI=1S/C25H42O2/c1-14-11-12-18(24(5,6)7)22(26)20(16(14)3)21-17(4)15(2)13-19(23(21)27)25(8,9)10/h13-14,16,18,20,22,26-27H,11-12H2,1-10H3. The third-order valence-corrected chi connectivity index (χ3v) is 7.30. The molecule has 1 aromatic rings. The van der Waals surface area contributed by atoms with E-state index in [9.17, 15) is 10.2 Å². The third kappa shape index (κ3) is 4.21. The Morgan fingerprint density at radius 2 is 1.52 bits per heavy atom. The molecule has 2 N–H and O–H groups in total. The van der Waals surface area contributed by atoms with Crippen LogP contribution in [0.4, 0.5) is 0 Å². The number of benzene rings is 1. The summed E-state index contributed by atoms with van der Waals surface area (Å²) in [6, 6.07) is 2.13. The van der Waals surface area contributed by atoms with E-state index in [1.165, 1.54) is 5.56 Å². The molecule has 27 heavy (non-hydrogen) atoms. The van der Waals surface area contributed by atoms with Gasteiger partial charge in [0.15, 0.2) is 0 Å². The number of aliphatic hydroxyl groups is 1. The summed E-state index contributed by atoms with van der Waals surface area (Å²) in [5.74, 6) is 1.45. The van der Waals surface area contributed by atoms with Crippen molar-refractivity contribution >= 4 is 0 Å². The molecule has 2 nitrogen and oxygen atoms in total. The van der Waals surface area contributed by atoms with Crippen LogP contribution < -0.4 is 0 Å². The zero-order valence-electron chi connectivity index (χ0n) is 19.3. The average molecular weight is 375 g/mol. The van der Waals surface area contributed by atoms with Gasteiger partial charge >= 0.3 is 0 Å². The van der Waals surface area contributed by atoms with Gasteiger partial charge in [-0.2, -0.15) is 0 Å². The van der Waals surface area contributed by atoms with Crippen LogP contribution in [0.15, 0.2) is 6.07 Å². The average Bonchev–Trinajstić information content (AvgIpc) is 2.61. The molecule has 0 aliphatic heterocycles. The summed E-state index contributed by atoms with van der Waals surface area (Å²) >= 11 is 0. The molecule has 0 saturated heterocycles. The minimum absolute atomic E-state index is 0.0345. The van der Waals surface area contributed by atoms with Gasteiger partial charge in [-0.15, -0.1) is 0 Å². The predicted molar refractivity (Wildman–Crippen MR) is 116 cm³/mol. The molecule has 0 radical (unpaired) electrons. The van der Waals surface area contributed by atoms with Crippen LogP contribution in [0.2, 0.25) is 0 Å². The molecule has 1 aromatic carbocycles. The van der Waals surface area contributed by atoms with Crippen molar-refractivity contribution in [2.75, 3.05) is 0 Å². The summed E-state index contributed by atoms with van der Waals surface area (Å²) in [6.45, 7) is 22.0. The lowest BCUT2D eigenvalue weighted by Crippen LogP contribution is -2.37.